The van der Waals surface area contributed by atoms with Gasteiger partial charge in [-0.3, -0.25) is 4.90 Å². The highest BCUT2D eigenvalue weighted by atomic mass is 32.1. The van der Waals surface area contributed by atoms with Crippen LogP contribution in [0.1, 0.15) is 32.3 Å². The summed E-state index contributed by atoms with van der Waals surface area (Å²) in [5, 5.41) is 4.44. The molecule has 0 aromatic carbocycles. The fourth-order valence-corrected chi connectivity index (χ4v) is 2.73. The minimum atomic E-state index is 0.321. The quantitative estimate of drug-likeness (QED) is 0.759. The molecule has 1 nitrogen and oxygen atoms in total. The lowest BCUT2D eigenvalue weighted by Crippen LogP contribution is -2.36. The van der Waals surface area contributed by atoms with Gasteiger partial charge >= 0.3 is 0 Å². The average Bonchev–Trinajstić information content (AvgIpc) is 2.97. The van der Waals surface area contributed by atoms with Crippen molar-refractivity contribution >= 4 is 24.0 Å². The van der Waals surface area contributed by atoms with E-state index in [1.807, 2.05) is 0 Å². The van der Waals surface area contributed by atoms with E-state index >= 15 is 0 Å². The molecule has 1 aliphatic rings. The normalized spacial score (nSPS) is 17.0. The molecule has 90 valence electrons. The molecule has 0 unspecified atom stereocenters. The van der Waals surface area contributed by atoms with E-state index in [0.717, 1.165) is 24.9 Å². The van der Waals surface area contributed by atoms with Crippen molar-refractivity contribution in [2.75, 3.05) is 12.3 Å². The molecule has 0 atom stereocenters. The fraction of sp³-hybridized carbons (Fsp3) is 0.692. The van der Waals surface area contributed by atoms with E-state index in [2.05, 4.69) is 48.2 Å². The summed E-state index contributed by atoms with van der Waals surface area (Å²) in [6, 6.07) is 3.08. The first-order valence-electron chi connectivity index (χ1n) is 5.97. The van der Waals surface area contributed by atoms with Gasteiger partial charge in [-0.2, -0.15) is 24.0 Å². The van der Waals surface area contributed by atoms with E-state index in [4.69, 9.17) is 0 Å². The molecule has 0 amide bonds. The summed E-state index contributed by atoms with van der Waals surface area (Å²) in [7, 11) is 0. The van der Waals surface area contributed by atoms with Crippen LogP contribution >= 0.6 is 24.0 Å². The topological polar surface area (TPSA) is 3.24 Å². The summed E-state index contributed by atoms with van der Waals surface area (Å²) < 4.78 is 0. The molecule has 1 aliphatic carbocycles. The summed E-state index contributed by atoms with van der Waals surface area (Å²) in [6.45, 7) is 6.90. The molecule has 0 aliphatic heterocycles. The molecule has 16 heavy (non-hydrogen) atoms. The minimum Gasteiger partial charge on any atom is -0.296 e. The summed E-state index contributed by atoms with van der Waals surface area (Å²) in [5.41, 5.74) is 1.79. The van der Waals surface area contributed by atoms with Crippen molar-refractivity contribution in [3.8, 4) is 0 Å². The molecule has 2 rings (SSSR count). The summed E-state index contributed by atoms with van der Waals surface area (Å²) in [4.78, 5) is 2.64. The van der Waals surface area contributed by atoms with Crippen molar-refractivity contribution in [3.63, 3.8) is 0 Å². The lowest BCUT2D eigenvalue weighted by atomic mass is 9.95. The van der Waals surface area contributed by atoms with E-state index < -0.39 is 0 Å². The second-order valence-corrected chi connectivity index (χ2v) is 6.69. The number of hydrogen-bond acceptors (Lipinski definition) is 3. The summed E-state index contributed by atoms with van der Waals surface area (Å²) >= 11 is 6.25. The second kappa shape index (κ2) is 5.11. The Morgan fingerprint density at radius 2 is 2.25 bits per heavy atom. The van der Waals surface area contributed by atoms with E-state index in [9.17, 15) is 0 Å². The van der Waals surface area contributed by atoms with Crippen LogP contribution in [0, 0.1) is 5.41 Å². The van der Waals surface area contributed by atoms with Gasteiger partial charge in [-0.1, -0.05) is 13.8 Å². The first-order chi connectivity index (χ1) is 7.61. The number of thiophene rings is 1. The number of rotatable bonds is 6. The van der Waals surface area contributed by atoms with Crippen molar-refractivity contribution < 1.29 is 0 Å². The Labute approximate surface area is 108 Å². The van der Waals surface area contributed by atoms with Crippen LogP contribution in [0.15, 0.2) is 16.8 Å². The molecule has 1 aromatic heterocycles. The number of thiol groups is 1. The van der Waals surface area contributed by atoms with E-state index in [1.165, 1.54) is 18.4 Å². The molecule has 3 heteroatoms. The zero-order chi connectivity index (χ0) is 11.6. The summed E-state index contributed by atoms with van der Waals surface area (Å²) in [6.07, 6.45) is 2.76. The van der Waals surface area contributed by atoms with E-state index in [0.29, 0.717) is 5.41 Å². The van der Waals surface area contributed by atoms with Crippen molar-refractivity contribution in [3.05, 3.63) is 22.4 Å². The lowest BCUT2D eigenvalue weighted by Gasteiger charge is -2.31. The van der Waals surface area contributed by atoms with Gasteiger partial charge in [0.25, 0.3) is 0 Å². The molecule has 0 bridgehead atoms. The minimum absolute atomic E-state index is 0.321. The summed E-state index contributed by atoms with van der Waals surface area (Å²) in [5.74, 6) is 0.958. The second-order valence-electron chi connectivity index (χ2n) is 5.59. The van der Waals surface area contributed by atoms with Crippen molar-refractivity contribution in [1.29, 1.82) is 0 Å². The molecule has 1 fully saturated rings. The zero-order valence-corrected chi connectivity index (χ0v) is 11.9. The maximum atomic E-state index is 4.45. The molecule has 0 N–H and O–H groups in total. The molecule has 1 heterocycles. The molecule has 0 radical (unpaired) electrons. The third-order valence-electron chi connectivity index (χ3n) is 3.09. The van der Waals surface area contributed by atoms with Gasteiger partial charge in [-0.05, 0) is 46.4 Å². The number of hydrogen-bond donors (Lipinski definition) is 1. The van der Waals surface area contributed by atoms with Gasteiger partial charge in [0.2, 0.25) is 0 Å². The molecular formula is C13H21NS2. The van der Waals surface area contributed by atoms with Crippen LogP contribution in [0.2, 0.25) is 0 Å². The van der Waals surface area contributed by atoms with Gasteiger partial charge < -0.3 is 0 Å². The Morgan fingerprint density at radius 3 is 2.75 bits per heavy atom. The van der Waals surface area contributed by atoms with Crippen LogP contribution in [0.3, 0.4) is 0 Å². The van der Waals surface area contributed by atoms with Crippen LogP contribution in [0.5, 0.6) is 0 Å². The highest BCUT2D eigenvalue weighted by molar-refractivity contribution is 7.80. The maximum Gasteiger partial charge on any atom is 0.0245 e. The largest absolute Gasteiger partial charge is 0.296 e. The van der Waals surface area contributed by atoms with Gasteiger partial charge in [0.15, 0.2) is 0 Å². The lowest BCUT2D eigenvalue weighted by molar-refractivity contribution is 0.179. The first-order valence-corrected chi connectivity index (χ1v) is 7.54. The van der Waals surface area contributed by atoms with Crippen LogP contribution in [-0.4, -0.2) is 23.2 Å². The SMILES string of the molecule is CC(C)(CS)CN(Cc1ccsc1)C1CC1. The molecule has 0 spiro atoms. The van der Waals surface area contributed by atoms with Crippen molar-refractivity contribution in [2.45, 2.75) is 39.3 Å². The van der Waals surface area contributed by atoms with Gasteiger partial charge in [0.1, 0.15) is 0 Å². The van der Waals surface area contributed by atoms with Crippen LogP contribution < -0.4 is 0 Å². The maximum absolute atomic E-state index is 4.45. The molecule has 1 aromatic rings. The Balaban J connectivity index is 1.95. The zero-order valence-electron chi connectivity index (χ0n) is 10.1. The average molecular weight is 255 g/mol. The Hall–Kier alpha value is 0.01000. The molecular weight excluding hydrogens is 234 g/mol. The predicted molar refractivity (Wildman–Crippen MR) is 75.4 cm³/mol. The van der Waals surface area contributed by atoms with Gasteiger partial charge in [-0.25, -0.2) is 0 Å². The Morgan fingerprint density at radius 1 is 1.50 bits per heavy atom. The third-order valence-corrected chi connectivity index (χ3v) is 4.68. The monoisotopic (exact) mass is 255 g/mol. The van der Waals surface area contributed by atoms with Crippen molar-refractivity contribution in [2.24, 2.45) is 5.41 Å². The van der Waals surface area contributed by atoms with E-state index in [-0.39, 0.29) is 0 Å². The van der Waals surface area contributed by atoms with Gasteiger partial charge in [-0.15, -0.1) is 0 Å². The third kappa shape index (κ3) is 3.51. The van der Waals surface area contributed by atoms with E-state index in [1.54, 1.807) is 11.3 Å². The predicted octanol–water partition coefficient (Wildman–Crippen LogP) is 3.67. The smallest absolute Gasteiger partial charge is 0.0245 e. The number of nitrogens with zero attached hydrogens (tertiary/aromatic N) is 1. The Kier molecular flexibility index (Phi) is 3.98. The molecule has 1 saturated carbocycles. The highest BCUT2D eigenvalue weighted by Gasteiger charge is 2.32. The van der Waals surface area contributed by atoms with Crippen LogP contribution in [-0.2, 0) is 6.54 Å². The fourth-order valence-electron chi connectivity index (χ4n) is 1.97. The van der Waals surface area contributed by atoms with Crippen molar-refractivity contribution in [1.82, 2.24) is 4.90 Å². The molecule has 0 saturated heterocycles. The van der Waals surface area contributed by atoms with Crippen LogP contribution in [0.25, 0.3) is 0 Å². The van der Waals surface area contributed by atoms with Crippen LogP contribution in [0.4, 0.5) is 0 Å². The van der Waals surface area contributed by atoms with Gasteiger partial charge in [0, 0.05) is 19.1 Å². The van der Waals surface area contributed by atoms with Gasteiger partial charge in [0.05, 0.1) is 0 Å². The first kappa shape index (κ1) is 12.5. The standard InChI is InChI=1S/C13H21NS2/c1-13(2,10-15)9-14(12-3-4-12)7-11-5-6-16-8-11/h5-6,8,12,15H,3-4,7,9-10H2,1-2H3. The Bertz CT molecular complexity index is 315. The highest BCUT2D eigenvalue weighted by Crippen LogP contribution is 2.32.